The van der Waals surface area contributed by atoms with Crippen LogP contribution in [0.3, 0.4) is 0 Å². The Morgan fingerprint density at radius 1 is 1.30 bits per heavy atom. The zero-order valence-corrected chi connectivity index (χ0v) is 12.5. The third-order valence-corrected chi connectivity index (χ3v) is 2.87. The lowest BCUT2D eigenvalue weighted by Gasteiger charge is -2.19. The molecule has 3 amide bonds. The van der Waals surface area contributed by atoms with E-state index in [0.29, 0.717) is 12.8 Å². The molecule has 1 aliphatic rings. The minimum absolute atomic E-state index is 0. The lowest BCUT2D eigenvalue weighted by molar-refractivity contribution is -0.140. The van der Waals surface area contributed by atoms with Gasteiger partial charge in [0.05, 0.1) is 6.04 Å². The molecule has 2 unspecified atom stereocenters. The van der Waals surface area contributed by atoms with Gasteiger partial charge >= 0.3 is 12.0 Å². The van der Waals surface area contributed by atoms with E-state index in [1.165, 1.54) is 6.92 Å². The monoisotopic (exact) mass is 307 g/mol. The van der Waals surface area contributed by atoms with Crippen molar-refractivity contribution in [2.45, 2.75) is 57.7 Å². The quantitative estimate of drug-likeness (QED) is 0.552. The maximum absolute atomic E-state index is 11.7. The van der Waals surface area contributed by atoms with Crippen LogP contribution in [-0.4, -0.2) is 41.1 Å². The molecule has 0 aromatic rings. The number of amides is 3. The van der Waals surface area contributed by atoms with E-state index in [1.54, 1.807) is 0 Å². The van der Waals surface area contributed by atoms with Crippen LogP contribution in [0.25, 0.3) is 0 Å². The summed E-state index contributed by atoms with van der Waals surface area (Å²) < 4.78 is 0. The van der Waals surface area contributed by atoms with E-state index in [4.69, 9.17) is 5.11 Å². The predicted molar refractivity (Wildman–Crippen MR) is 75.9 cm³/mol. The summed E-state index contributed by atoms with van der Waals surface area (Å²) in [4.78, 5) is 34.0. The van der Waals surface area contributed by atoms with E-state index in [-0.39, 0.29) is 18.4 Å². The molecule has 116 valence electrons. The first kappa shape index (κ1) is 18.7. The summed E-state index contributed by atoms with van der Waals surface area (Å²) >= 11 is 0. The summed E-state index contributed by atoms with van der Waals surface area (Å²) in [7, 11) is 0. The van der Waals surface area contributed by atoms with Crippen molar-refractivity contribution in [3.8, 4) is 0 Å². The first-order valence-corrected chi connectivity index (χ1v) is 6.54. The van der Waals surface area contributed by atoms with Crippen molar-refractivity contribution in [2.24, 2.45) is 0 Å². The molecule has 1 saturated carbocycles. The van der Waals surface area contributed by atoms with E-state index in [1.807, 2.05) is 6.92 Å². The zero-order valence-electron chi connectivity index (χ0n) is 11.6. The summed E-state index contributed by atoms with van der Waals surface area (Å²) in [5, 5.41) is 16.5. The molecule has 0 spiro atoms. The normalized spacial score (nSPS) is 16.5. The molecule has 7 nitrogen and oxygen atoms in total. The first-order chi connectivity index (χ1) is 8.93. The Balaban J connectivity index is 0.00000361. The standard InChI is InChI=1S/C12H21N3O4.ClH/c1-3-4-9(11(17)18)13-7(2)10(16)15-12(19)14-8-5-6-8;/h7-9,13H,3-6H2,1-2H3,(H,17,18)(H2,14,15,16,19);1H. The Kier molecular flexibility index (Phi) is 8.17. The molecule has 1 aliphatic carbocycles. The molecule has 0 saturated heterocycles. The minimum atomic E-state index is -0.996. The highest BCUT2D eigenvalue weighted by atomic mass is 35.5. The van der Waals surface area contributed by atoms with Crippen molar-refractivity contribution in [2.75, 3.05) is 0 Å². The molecule has 4 N–H and O–H groups in total. The van der Waals surface area contributed by atoms with Crippen LogP contribution in [0.4, 0.5) is 4.79 Å². The number of hydrogen-bond donors (Lipinski definition) is 4. The highest BCUT2D eigenvalue weighted by Crippen LogP contribution is 2.18. The van der Waals surface area contributed by atoms with Gasteiger partial charge in [0, 0.05) is 6.04 Å². The Hall–Kier alpha value is -1.34. The number of aliphatic carboxylic acids is 1. The Morgan fingerprint density at radius 2 is 1.90 bits per heavy atom. The molecule has 0 aromatic carbocycles. The van der Waals surface area contributed by atoms with Gasteiger partial charge in [-0.2, -0.15) is 0 Å². The van der Waals surface area contributed by atoms with Crippen molar-refractivity contribution in [1.82, 2.24) is 16.0 Å². The average Bonchev–Trinajstić information content (AvgIpc) is 3.11. The summed E-state index contributed by atoms with van der Waals surface area (Å²) in [6.45, 7) is 3.40. The maximum atomic E-state index is 11.7. The van der Waals surface area contributed by atoms with E-state index in [0.717, 1.165) is 12.8 Å². The Labute approximate surface area is 124 Å². The molecule has 0 bridgehead atoms. The Morgan fingerprint density at radius 3 is 2.35 bits per heavy atom. The van der Waals surface area contributed by atoms with Crippen molar-refractivity contribution >= 4 is 30.3 Å². The van der Waals surface area contributed by atoms with Crippen molar-refractivity contribution in [3.63, 3.8) is 0 Å². The third-order valence-electron chi connectivity index (χ3n) is 2.87. The number of carboxylic acid groups (broad SMARTS) is 1. The predicted octanol–water partition coefficient (Wildman–Crippen LogP) is 0.628. The van der Waals surface area contributed by atoms with Gasteiger partial charge in [0.1, 0.15) is 6.04 Å². The van der Waals surface area contributed by atoms with Crippen LogP contribution in [0.2, 0.25) is 0 Å². The van der Waals surface area contributed by atoms with Crippen LogP contribution in [-0.2, 0) is 9.59 Å². The van der Waals surface area contributed by atoms with Gasteiger partial charge in [-0.05, 0) is 26.2 Å². The molecule has 0 radical (unpaired) electrons. The van der Waals surface area contributed by atoms with Gasteiger partial charge in [0.15, 0.2) is 0 Å². The Bertz CT molecular complexity index is 361. The second-order valence-electron chi connectivity index (χ2n) is 4.80. The van der Waals surface area contributed by atoms with Gasteiger partial charge < -0.3 is 10.4 Å². The summed E-state index contributed by atoms with van der Waals surface area (Å²) in [5.41, 5.74) is 0. The van der Waals surface area contributed by atoms with Gasteiger partial charge in [0.2, 0.25) is 5.91 Å². The van der Waals surface area contributed by atoms with Gasteiger partial charge in [-0.1, -0.05) is 13.3 Å². The molecule has 20 heavy (non-hydrogen) atoms. The fourth-order valence-corrected chi connectivity index (χ4v) is 1.61. The molecule has 0 heterocycles. The van der Waals surface area contributed by atoms with Crippen molar-refractivity contribution in [3.05, 3.63) is 0 Å². The van der Waals surface area contributed by atoms with Crippen molar-refractivity contribution < 1.29 is 19.5 Å². The number of carbonyl (C=O) groups excluding carboxylic acids is 2. The first-order valence-electron chi connectivity index (χ1n) is 6.54. The van der Waals surface area contributed by atoms with Gasteiger partial charge in [-0.25, -0.2) is 4.79 Å². The fourth-order valence-electron chi connectivity index (χ4n) is 1.61. The average molecular weight is 308 g/mol. The fraction of sp³-hybridized carbons (Fsp3) is 0.750. The van der Waals surface area contributed by atoms with E-state index >= 15 is 0 Å². The SMILES string of the molecule is CCCC(NC(C)C(=O)NC(=O)NC1CC1)C(=O)O.Cl. The van der Waals surface area contributed by atoms with Crippen LogP contribution < -0.4 is 16.0 Å². The number of carboxylic acids is 1. The number of urea groups is 1. The lowest BCUT2D eigenvalue weighted by atomic mass is 10.1. The number of halogens is 1. The maximum Gasteiger partial charge on any atom is 0.321 e. The second-order valence-corrected chi connectivity index (χ2v) is 4.80. The molecular weight excluding hydrogens is 286 g/mol. The second kappa shape index (κ2) is 8.76. The van der Waals surface area contributed by atoms with Gasteiger partial charge in [-0.3, -0.25) is 20.2 Å². The number of rotatable bonds is 7. The number of imide groups is 1. The van der Waals surface area contributed by atoms with Crippen LogP contribution in [0, 0.1) is 0 Å². The van der Waals surface area contributed by atoms with E-state index in [9.17, 15) is 14.4 Å². The van der Waals surface area contributed by atoms with Crippen LogP contribution >= 0.6 is 12.4 Å². The smallest absolute Gasteiger partial charge is 0.321 e. The molecular formula is C12H22ClN3O4. The molecule has 1 rings (SSSR count). The van der Waals surface area contributed by atoms with Crippen LogP contribution in [0.5, 0.6) is 0 Å². The van der Waals surface area contributed by atoms with Gasteiger partial charge in [0.25, 0.3) is 0 Å². The number of nitrogens with one attached hydrogen (secondary N) is 3. The van der Waals surface area contributed by atoms with Gasteiger partial charge in [-0.15, -0.1) is 12.4 Å². The molecule has 2 atom stereocenters. The third kappa shape index (κ3) is 6.72. The topological polar surface area (TPSA) is 108 Å². The molecule has 0 aromatic heterocycles. The number of hydrogen-bond acceptors (Lipinski definition) is 4. The lowest BCUT2D eigenvalue weighted by Crippen LogP contribution is -2.52. The molecule has 0 aliphatic heterocycles. The highest BCUT2D eigenvalue weighted by Gasteiger charge is 2.26. The minimum Gasteiger partial charge on any atom is -0.480 e. The summed E-state index contributed by atoms with van der Waals surface area (Å²) in [6, 6.07) is -1.87. The largest absolute Gasteiger partial charge is 0.480 e. The van der Waals surface area contributed by atoms with Crippen molar-refractivity contribution in [1.29, 1.82) is 0 Å². The molecule has 8 heteroatoms. The van der Waals surface area contributed by atoms with Crippen LogP contribution in [0.15, 0.2) is 0 Å². The van der Waals surface area contributed by atoms with E-state index in [2.05, 4.69) is 16.0 Å². The highest BCUT2D eigenvalue weighted by molar-refractivity contribution is 5.97. The van der Waals surface area contributed by atoms with Crippen LogP contribution in [0.1, 0.15) is 39.5 Å². The summed E-state index contributed by atoms with van der Waals surface area (Å²) in [6.07, 6.45) is 3.00. The number of carbonyl (C=O) groups is 3. The zero-order chi connectivity index (χ0) is 14.4. The summed E-state index contributed by atoms with van der Waals surface area (Å²) in [5.74, 6) is -1.52. The molecule has 1 fully saturated rings. The van der Waals surface area contributed by atoms with E-state index < -0.39 is 30.0 Å².